The molecule has 0 unspecified atom stereocenters. The summed E-state index contributed by atoms with van der Waals surface area (Å²) in [5, 5.41) is 6.68. The van der Waals surface area contributed by atoms with Gasteiger partial charge in [-0.25, -0.2) is 9.97 Å². The Morgan fingerprint density at radius 1 is 1.17 bits per heavy atom. The number of nitrogens with one attached hydrogen (secondary N) is 2. The highest BCUT2D eigenvalue weighted by molar-refractivity contribution is 6.29. The number of nitrogens with zero attached hydrogens (tertiary/aromatic N) is 4. The molecule has 9 heteroatoms. The lowest BCUT2D eigenvalue weighted by Crippen LogP contribution is -2.30. The third-order valence-electron chi connectivity index (χ3n) is 4.45. The lowest BCUT2D eigenvalue weighted by Gasteiger charge is -2.12. The highest BCUT2D eigenvalue weighted by Crippen LogP contribution is 2.08. The maximum atomic E-state index is 12.7. The normalized spacial score (nSPS) is 10.8. The molecule has 3 aromatic rings. The Morgan fingerprint density at radius 3 is 2.79 bits per heavy atom. The maximum absolute atomic E-state index is 12.7. The van der Waals surface area contributed by atoms with Gasteiger partial charge in [0.25, 0.3) is 5.56 Å². The third-order valence-corrected chi connectivity index (χ3v) is 4.75. The average Bonchev–Trinajstić information content (AvgIpc) is 2.71. The van der Waals surface area contributed by atoms with E-state index in [4.69, 9.17) is 17.3 Å². The smallest absolute Gasteiger partial charge is 0.294 e. The molecule has 0 aliphatic carbocycles. The zero-order valence-electron chi connectivity index (χ0n) is 16.2. The van der Waals surface area contributed by atoms with Gasteiger partial charge in [-0.2, -0.15) is 0 Å². The highest BCUT2D eigenvalue weighted by atomic mass is 35.5. The largest absolute Gasteiger partial charge is 0.384 e. The van der Waals surface area contributed by atoms with Gasteiger partial charge in [-0.15, -0.1) is 0 Å². The van der Waals surface area contributed by atoms with E-state index < -0.39 is 0 Å². The van der Waals surface area contributed by atoms with Gasteiger partial charge in [0.05, 0.1) is 6.20 Å². The van der Waals surface area contributed by atoms with Gasteiger partial charge in [-0.1, -0.05) is 23.7 Å². The Labute approximate surface area is 174 Å². The van der Waals surface area contributed by atoms with Crippen molar-refractivity contribution in [3.63, 3.8) is 0 Å². The molecule has 8 nitrogen and oxygen atoms in total. The fraction of sp³-hybridized carbons (Fsp3) is 0.300. The molecule has 0 saturated heterocycles. The minimum Gasteiger partial charge on any atom is -0.384 e. The Hall–Kier alpha value is -2.97. The van der Waals surface area contributed by atoms with E-state index in [0.717, 1.165) is 17.0 Å². The summed E-state index contributed by atoms with van der Waals surface area (Å²) in [5.41, 5.74) is 8.32. The van der Waals surface area contributed by atoms with E-state index in [0.29, 0.717) is 43.6 Å². The molecule has 0 atom stereocenters. The van der Waals surface area contributed by atoms with Crippen LogP contribution in [0.25, 0.3) is 0 Å². The van der Waals surface area contributed by atoms with E-state index in [-0.39, 0.29) is 11.4 Å². The highest BCUT2D eigenvalue weighted by Gasteiger charge is 2.09. The van der Waals surface area contributed by atoms with E-state index in [2.05, 4.69) is 25.6 Å². The van der Waals surface area contributed by atoms with E-state index in [1.807, 2.05) is 31.2 Å². The van der Waals surface area contributed by atoms with Crippen LogP contribution in [0.15, 0.2) is 47.5 Å². The van der Waals surface area contributed by atoms with Crippen LogP contribution in [0.4, 0.5) is 11.6 Å². The van der Waals surface area contributed by atoms with E-state index in [1.165, 1.54) is 10.8 Å². The molecular weight excluding hydrogens is 390 g/mol. The lowest BCUT2D eigenvalue weighted by molar-refractivity contribution is 0.582. The second-order valence-electron chi connectivity index (χ2n) is 6.54. The molecule has 3 rings (SSSR count). The molecule has 152 valence electrons. The van der Waals surface area contributed by atoms with Gasteiger partial charge in [-0.3, -0.25) is 14.3 Å². The molecule has 3 aromatic heterocycles. The van der Waals surface area contributed by atoms with Crippen molar-refractivity contribution in [3.8, 4) is 0 Å². The van der Waals surface area contributed by atoms with Crippen LogP contribution in [0.3, 0.4) is 0 Å². The molecule has 0 spiro atoms. The van der Waals surface area contributed by atoms with Crippen molar-refractivity contribution in [3.05, 3.63) is 75.2 Å². The van der Waals surface area contributed by atoms with E-state index in [9.17, 15) is 4.79 Å². The molecule has 0 saturated carbocycles. The van der Waals surface area contributed by atoms with Gasteiger partial charge in [0, 0.05) is 50.2 Å². The van der Waals surface area contributed by atoms with Crippen LogP contribution in [0, 0.1) is 6.92 Å². The SMILES string of the molecule is Cc1nc(N)ccc1CNCCn1c(Cl)cnc(NCCc2ccccn2)c1=O. The predicted octanol–water partition coefficient (Wildman–Crippen LogP) is 2.02. The fourth-order valence-electron chi connectivity index (χ4n) is 2.86. The van der Waals surface area contributed by atoms with Gasteiger partial charge in [0.15, 0.2) is 5.82 Å². The summed E-state index contributed by atoms with van der Waals surface area (Å²) >= 11 is 6.18. The van der Waals surface area contributed by atoms with Crippen LogP contribution in [0.2, 0.25) is 5.15 Å². The quantitative estimate of drug-likeness (QED) is 0.460. The summed E-state index contributed by atoms with van der Waals surface area (Å²) in [6.45, 7) is 4.10. The van der Waals surface area contributed by atoms with Crippen molar-refractivity contribution in [1.82, 2.24) is 24.8 Å². The van der Waals surface area contributed by atoms with Crippen LogP contribution in [0.5, 0.6) is 0 Å². The van der Waals surface area contributed by atoms with Crippen LogP contribution in [0.1, 0.15) is 17.0 Å². The summed E-state index contributed by atoms with van der Waals surface area (Å²) in [5.74, 6) is 0.786. The molecular formula is C20H24ClN7O. The van der Waals surface area contributed by atoms with Crippen molar-refractivity contribution in [2.75, 3.05) is 24.1 Å². The topological polar surface area (TPSA) is 111 Å². The van der Waals surface area contributed by atoms with Gasteiger partial charge in [-0.05, 0) is 30.7 Å². The number of nitrogens with two attached hydrogens (primary N) is 1. The zero-order valence-corrected chi connectivity index (χ0v) is 17.0. The van der Waals surface area contributed by atoms with Crippen LogP contribution < -0.4 is 21.9 Å². The summed E-state index contributed by atoms with van der Waals surface area (Å²) in [6.07, 6.45) is 3.93. The minimum atomic E-state index is -0.245. The molecule has 4 N–H and O–H groups in total. The number of rotatable bonds is 9. The van der Waals surface area contributed by atoms with Crippen molar-refractivity contribution >= 4 is 23.2 Å². The summed E-state index contributed by atoms with van der Waals surface area (Å²) in [6, 6.07) is 9.47. The Kier molecular flexibility index (Phi) is 7.15. The fourth-order valence-corrected chi connectivity index (χ4v) is 3.07. The van der Waals surface area contributed by atoms with Gasteiger partial charge in [0.1, 0.15) is 11.0 Å². The number of anilines is 2. The van der Waals surface area contributed by atoms with Crippen molar-refractivity contribution in [1.29, 1.82) is 0 Å². The predicted molar refractivity (Wildman–Crippen MR) is 115 cm³/mol. The van der Waals surface area contributed by atoms with Gasteiger partial charge < -0.3 is 16.4 Å². The molecule has 0 aromatic carbocycles. The van der Waals surface area contributed by atoms with Crippen LogP contribution in [-0.2, 0) is 19.5 Å². The number of aromatic nitrogens is 4. The number of aryl methyl sites for hydroxylation is 1. The first-order valence-electron chi connectivity index (χ1n) is 9.36. The van der Waals surface area contributed by atoms with Crippen molar-refractivity contribution < 1.29 is 0 Å². The van der Waals surface area contributed by atoms with Crippen molar-refractivity contribution in [2.24, 2.45) is 0 Å². The van der Waals surface area contributed by atoms with Gasteiger partial charge in [0.2, 0.25) is 0 Å². The molecule has 0 aliphatic heterocycles. The standard InChI is InChI=1S/C20H24ClN7O/c1-14-15(5-6-18(22)27-14)12-23-10-11-28-17(21)13-26-19(20(28)29)25-9-7-16-4-2-3-8-24-16/h2-6,8,13,23H,7,9-12H2,1H3,(H2,22,27)(H,25,26). The number of hydrogen-bond acceptors (Lipinski definition) is 7. The number of hydrogen-bond donors (Lipinski definition) is 3. The minimum absolute atomic E-state index is 0.245. The molecule has 29 heavy (non-hydrogen) atoms. The second kappa shape index (κ2) is 9.99. The van der Waals surface area contributed by atoms with E-state index >= 15 is 0 Å². The molecule has 0 aliphatic rings. The zero-order chi connectivity index (χ0) is 20.6. The van der Waals surface area contributed by atoms with E-state index in [1.54, 1.807) is 12.3 Å². The Morgan fingerprint density at radius 2 is 2.03 bits per heavy atom. The maximum Gasteiger partial charge on any atom is 0.294 e. The second-order valence-corrected chi connectivity index (χ2v) is 6.93. The van der Waals surface area contributed by atoms with Crippen LogP contribution in [-0.4, -0.2) is 32.6 Å². The first-order valence-corrected chi connectivity index (χ1v) is 9.74. The number of halogens is 1. The monoisotopic (exact) mass is 413 g/mol. The van der Waals surface area contributed by atoms with Crippen LogP contribution >= 0.6 is 11.6 Å². The summed E-state index contributed by atoms with van der Waals surface area (Å²) in [7, 11) is 0. The molecule has 3 heterocycles. The third kappa shape index (κ3) is 5.75. The molecule has 0 radical (unpaired) electrons. The number of pyridine rings is 2. The first-order chi connectivity index (χ1) is 14.0. The molecule has 0 fully saturated rings. The lowest BCUT2D eigenvalue weighted by atomic mass is 10.2. The summed E-state index contributed by atoms with van der Waals surface area (Å²) in [4.78, 5) is 25.3. The first kappa shape index (κ1) is 20.8. The van der Waals surface area contributed by atoms with Gasteiger partial charge >= 0.3 is 0 Å². The Bertz CT molecular complexity index is 1010. The Balaban J connectivity index is 1.54. The van der Waals surface area contributed by atoms with Crippen molar-refractivity contribution in [2.45, 2.75) is 26.4 Å². The molecule has 0 amide bonds. The molecule has 0 bridgehead atoms. The summed E-state index contributed by atoms with van der Waals surface area (Å²) < 4.78 is 1.50. The number of nitrogen functional groups attached to an aromatic ring is 1. The average molecular weight is 414 g/mol.